The number of carboxylic acids is 1. The number of hydrogen-bond donors (Lipinski definition) is 3. The molecule has 0 heterocycles. The number of carbonyl (C=O) groups is 1. The maximum atomic E-state index is 10.3. The van der Waals surface area contributed by atoms with Gasteiger partial charge in [-0.1, -0.05) is 13.8 Å². The summed E-state index contributed by atoms with van der Waals surface area (Å²) in [5.41, 5.74) is 4.63. The molecule has 11 heavy (non-hydrogen) atoms. The van der Waals surface area contributed by atoms with Gasteiger partial charge in [-0.2, -0.15) is 0 Å². The molecule has 4 N–H and O–H groups in total. The van der Waals surface area contributed by atoms with Crippen LogP contribution in [0.2, 0.25) is 0 Å². The Morgan fingerprint density at radius 3 is 2.00 bits per heavy atom. The summed E-state index contributed by atoms with van der Waals surface area (Å²) in [5, 5.41) is 17.6. The normalized spacial score (nSPS) is 14.5. The summed E-state index contributed by atoms with van der Waals surface area (Å²) >= 11 is 0. The van der Waals surface area contributed by atoms with Gasteiger partial charge in [-0.15, -0.1) is 0 Å². The standard InChI is InChI=1S/C7H15NO3/c1-3-7(8,4-2)5(9)6(10)11/h5,9H,3-4,8H2,1-2H3,(H,10,11). The fourth-order valence-electron chi connectivity index (χ4n) is 0.883. The zero-order valence-corrected chi connectivity index (χ0v) is 6.87. The lowest BCUT2D eigenvalue weighted by atomic mass is 9.88. The van der Waals surface area contributed by atoms with E-state index in [9.17, 15) is 4.79 Å². The Labute approximate surface area is 66.0 Å². The van der Waals surface area contributed by atoms with Crippen LogP contribution in [0.1, 0.15) is 26.7 Å². The van der Waals surface area contributed by atoms with E-state index in [0.717, 1.165) is 0 Å². The van der Waals surface area contributed by atoms with Crippen LogP contribution < -0.4 is 5.73 Å². The predicted octanol–water partition coefficient (Wildman–Crippen LogP) is -0.0506. The quantitative estimate of drug-likeness (QED) is 0.539. The first-order valence-electron chi connectivity index (χ1n) is 3.67. The molecular weight excluding hydrogens is 146 g/mol. The summed E-state index contributed by atoms with van der Waals surface area (Å²) in [4.78, 5) is 10.3. The Morgan fingerprint density at radius 1 is 1.55 bits per heavy atom. The van der Waals surface area contributed by atoms with Crippen molar-refractivity contribution in [2.75, 3.05) is 0 Å². The van der Waals surface area contributed by atoms with Crippen LogP contribution in [-0.4, -0.2) is 27.8 Å². The van der Waals surface area contributed by atoms with E-state index in [1.165, 1.54) is 0 Å². The lowest BCUT2D eigenvalue weighted by Gasteiger charge is -2.29. The van der Waals surface area contributed by atoms with Crippen LogP contribution in [0.15, 0.2) is 0 Å². The summed E-state index contributed by atoms with van der Waals surface area (Å²) in [6.45, 7) is 3.52. The van der Waals surface area contributed by atoms with Crippen LogP contribution in [0.3, 0.4) is 0 Å². The fraction of sp³-hybridized carbons (Fsp3) is 0.857. The second-order valence-corrected chi connectivity index (χ2v) is 2.68. The van der Waals surface area contributed by atoms with Gasteiger partial charge in [0, 0.05) is 0 Å². The van der Waals surface area contributed by atoms with Crippen molar-refractivity contribution in [1.29, 1.82) is 0 Å². The number of rotatable bonds is 4. The van der Waals surface area contributed by atoms with Crippen molar-refractivity contribution >= 4 is 5.97 Å². The van der Waals surface area contributed by atoms with E-state index in [1.807, 2.05) is 0 Å². The maximum Gasteiger partial charge on any atom is 0.334 e. The molecule has 66 valence electrons. The molecule has 1 unspecified atom stereocenters. The number of aliphatic hydroxyl groups excluding tert-OH is 1. The van der Waals surface area contributed by atoms with Gasteiger partial charge < -0.3 is 15.9 Å². The fourth-order valence-corrected chi connectivity index (χ4v) is 0.883. The summed E-state index contributed by atoms with van der Waals surface area (Å²) in [5.74, 6) is -1.25. The molecule has 0 aliphatic rings. The van der Waals surface area contributed by atoms with Crippen molar-refractivity contribution in [2.45, 2.75) is 38.3 Å². The van der Waals surface area contributed by atoms with Crippen molar-refractivity contribution in [3.63, 3.8) is 0 Å². The molecule has 0 bridgehead atoms. The van der Waals surface area contributed by atoms with E-state index in [1.54, 1.807) is 13.8 Å². The minimum atomic E-state index is -1.46. The van der Waals surface area contributed by atoms with Gasteiger partial charge in [0.1, 0.15) is 0 Å². The highest BCUT2D eigenvalue weighted by Gasteiger charge is 2.35. The highest BCUT2D eigenvalue weighted by atomic mass is 16.4. The average molecular weight is 161 g/mol. The monoisotopic (exact) mass is 161 g/mol. The van der Waals surface area contributed by atoms with Crippen LogP contribution in [-0.2, 0) is 4.79 Å². The topological polar surface area (TPSA) is 83.5 Å². The first-order valence-corrected chi connectivity index (χ1v) is 3.67. The molecule has 1 atom stereocenters. The molecule has 0 aromatic rings. The molecule has 0 aliphatic carbocycles. The first kappa shape index (κ1) is 10.4. The number of nitrogens with two attached hydrogens (primary N) is 1. The van der Waals surface area contributed by atoms with Crippen molar-refractivity contribution in [1.82, 2.24) is 0 Å². The van der Waals surface area contributed by atoms with Gasteiger partial charge in [-0.25, -0.2) is 4.79 Å². The highest BCUT2D eigenvalue weighted by molar-refractivity contribution is 5.73. The number of hydrogen-bond acceptors (Lipinski definition) is 3. The molecule has 4 heteroatoms. The minimum absolute atomic E-state index is 0.455. The van der Waals surface area contributed by atoms with Crippen molar-refractivity contribution in [3.05, 3.63) is 0 Å². The molecule has 0 radical (unpaired) electrons. The van der Waals surface area contributed by atoms with E-state index in [-0.39, 0.29) is 0 Å². The average Bonchev–Trinajstić information content (AvgIpc) is 2.01. The predicted molar refractivity (Wildman–Crippen MR) is 41.1 cm³/mol. The van der Waals surface area contributed by atoms with Crippen LogP contribution in [0.5, 0.6) is 0 Å². The van der Waals surface area contributed by atoms with E-state index in [0.29, 0.717) is 12.8 Å². The van der Waals surface area contributed by atoms with Crippen LogP contribution in [0, 0.1) is 0 Å². The van der Waals surface area contributed by atoms with Gasteiger partial charge in [-0.3, -0.25) is 0 Å². The van der Waals surface area contributed by atoms with Crippen LogP contribution in [0.4, 0.5) is 0 Å². The van der Waals surface area contributed by atoms with E-state index in [4.69, 9.17) is 15.9 Å². The molecule has 0 aromatic carbocycles. The summed E-state index contributed by atoms with van der Waals surface area (Å²) in [6, 6.07) is 0. The third-order valence-electron chi connectivity index (χ3n) is 2.09. The zero-order chi connectivity index (χ0) is 9.07. The van der Waals surface area contributed by atoms with E-state index >= 15 is 0 Å². The Balaban J connectivity index is 4.36. The number of aliphatic carboxylic acids is 1. The van der Waals surface area contributed by atoms with E-state index < -0.39 is 17.6 Å². The molecule has 0 saturated carbocycles. The van der Waals surface area contributed by atoms with Gasteiger partial charge in [-0.05, 0) is 12.8 Å². The second-order valence-electron chi connectivity index (χ2n) is 2.68. The second kappa shape index (κ2) is 3.69. The lowest BCUT2D eigenvalue weighted by molar-refractivity contribution is -0.150. The number of aliphatic hydroxyl groups is 1. The maximum absolute atomic E-state index is 10.3. The summed E-state index contributed by atoms with van der Waals surface area (Å²) in [6.07, 6.45) is -0.550. The smallest absolute Gasteiger partial charge is 0.334 e. The SMILES string of the molecule is CCC(N)(CC)C(O)C(=O)O. The third-order valence-corrected chi connectivity index (χ3v) is 2.09. The molecule has 0 amide bonds. The Morgan fingerprint density at radius 2 is 1.91 bits per heavy atom. The summed E-state index contributed by atoms with van der Waals surface area (Å²) in [7, 11) is 0. The molecule has 0 spiro atoms. The molecule has 0 aromatic heterocycles. The zero-order valence-electron chi connectivity index (χ0n) is 6.87. The van der Waals surface area contributed by atoms with Crippen molar-refractivity contribution in [3.8, 4) is 0 Å². The summed E-state index contributed by atoms with van der Waals surface area (Å²) < 4.78 is 0. The lowest BCUT2D eigenvalue weighted by Crippen LogP contribution is -2.53. The van der Waals surface area contributed by atoms with Crippen molar-refractivity contribution in [2.24, 2.45) is 5.73 Å². The molecule has 4 nitrogen and oxygen atoms in total. The van der Waals surface area contributed by atoms with E-state index in [2.05, 4.69) is 0 Å². The van der Waals surface area contributed by atoms with Gasteiger partial charge in [0.2, 0.25) is 0 Å². The first-order chi connectivity index (χ1) is 4.98. The molecular formula is C7H15NO3. The molecule has 0 fully saturated rings. The van der Waals surface area contributed by atoms with Gasteiger partial charge in [0.15, 0.2) is 6.10 Å². The number of carboxylic acid groups (broad SMARTS) is 1. The van der Waals surface area contributed by atoms with Crippen LogP contribution >= 0.6 is 0 Å². The largest absolute Gasteiger partial charge is 0.479 e. The van der Waals surface area contributed by atoms with Crippen molar-refractivity contribution < 1.29 is 15.0 Å². The Kier molecular flexibility index (Phi) is 3.48. The Bertz CT molecular complexity index is 143. The van der Waals surface area contributed by atoms with Crippen LogP contribution in [0.25, 0.3) is 0 Å². The third kappa shape index (κ3) is 2.17. The van der Waals surface area contributed by atoms with Gasteiger partial charge >= 0.3 is 5.97 Å². The molecule has 0 rings (SSSR count). The van der Waals surface area contributed by atoms with Gasteiger partial charge in [0.25, 0.3) is 0 Å². The Hall–Kier alpha value is -0.610. The molecule has 0 aliphatic heterocycles. The molecule has 0 saturated heterocycles. The van der Waals surface area contributed by atoms with Gasteiger partial charge in [0.05, 0.1) is 5.54 Å². The highest BCUT2D eigenvalue weighted by Crippen LogP contribution is 2.16. The minimum Gasteiger partial charge on any atom is -0.479 e.